The monoisotopic (exact) mass is 522 g/mol. The molecule has 8 nitrogen and oxygen atoms in total. The minimum Gasteiger partial charge on any atom is -0.507 e. The number of ether oxygens (including phenoxy) is 3. The van der Waals surface area contributed by atoms with Crippen molar-refractivity contribution in [2.45, 2.75) is 39.7 Å². The third-order valence-electron chi connectivity index (χ3n) is 6.95. The van der Waals surface area contributed by atoms with Gasteiger partial charge in [0.25, 0.3) is 11.7 Å². The third-order valence-corrected chi connectivity index (χ3v) is 6.95. The van der Waals surface area contributed by atoms with Gasteiger partial charge < -0.3 is 24.2 Å². The van der Waals surface area contributed by atoms with Crippen LogP contribution in [0.4, 0.5) is 0 Å². The van der Waals surface area contributed by atoms with E-state index in [1.807, 2.05) is 51.1 Å². The van der Waals surface area contributed by atoms with Crippen LogP contribution >= 0.6 is 0 Å². The lowest BCUT2D eigenvalue weighted by Crippen LogP contribution is -2.38. The molecule has 1 amide bonds. The molecule has 0 spiro atoms. The molecule has 38 heavy (non-hydrogen) atoms. The number of amides is 1. The lowest BCUT2D eigenvalue weighted by Gasteiger charge is -2.29. The van der Waals surface area contributed by atoms with Crippen LogP contribution in [0.5, 0.6) is 11.5 Å². The highest BCUT2D eigenvalue weighted by atomic mass is 16.5. The number of aliphatic hydroxyl groups excluding tert-OH is 1. The van der Waals surface area contributed by atoms with Crippen molar-refractivity contribution in [3.8, 4) is 11.5 Å². The summed E-state index contributed by atoms with van der Waals surface area (Å²) in [6.07, 6.45) is 1.61. The summed E-state index contributed by atoms with van der Waals surface area (Å²) in [6, 6.07) is 12.1. The Hall–Kier alpha value is -3.36. The Balaban J connectivity index is 1.68. The molecule has 1 N–H and O–H groups in total. The van der Waals surface area contributed by atoms with E-state index in [4.69, 9.17) is 14.2 Å². The summed E-state index contributed by atoms with van der Waals surface area (Å²) in [5, 5.41) is 11.5. The molecular formula is C30H38N2O6. The third kappa shape index (κ3) is 6.19. The minimum atomic E-state index is -0.689. The summed E-state index contributed by atoms with van der Waals surface area (Å²) < 4.78 is 16.7. The number of Topliss-reactive ketones (excluding diaryl/α,β-unsaturated/α-hetero) is 1. The number of morpholine rings is 1. The smallest absolute Gasteiger partial charge is 0.295 e. The van der Waals surface area contributed by atoms with Crippen LogP contribution in [-0.4, -0.2) is 79.2 Å². The van der Waals surface area contributed by atoms with Gasteiger partial charge in [-0.25, -0.2) is 0 Å². The maximum atomic E-state index is 13.4. The first-order chi connectivity index (χ1) is 18.4. The standard InChI is InChI=1S/C30H38N2O6/c1-4-17-38-23-9-7-22(8-10-23)27-26(28(33)25-12-11-24(37-5-2)20-21(25)3)29(34)30(35)32(27)14-6-13-31-15-18-36-19-16-31/h7-12,20,27,33H,4-6,13-19H2,1-3H3/b28-26+. The Bertz CT molecular complexity index is 1150. The molecule has 0 saturated carbocycles. The van der Waals surface area contributed by atoms with Crippen molar-refractivity contribution in [2.75, 3.05) is 52.6 Å². The van der Waals surface area contributed by atoms with Crippen LogP contribution in [-0.2, 0) is 14.3 Å². The number of carbonyl (C=O) groups excluding carboxylic acids is 2. The van der Waals surface area contributed by atoms with E-state index < -0.39 is 17.7 Å². The molecule has 204 valence electrons. The number of carbonyl (C=O) groups is 2. The van der Waals surface area contributed by atoms with Gasteiger partial charge in [-0.1, -0.05) is 19.1 Å². The van der Waals surface area contributed by atoms with Gasteiger partial charge in [-0.2, -0.15) is 0 Å². The molecular weight excluding hydrogens is 484 g/mol. The molecule has 0 aliphatic carbocycles. The van der Waals surface area contributed by atoms with Crippen LogP contribution in [0.2, 0.25) is 0 Å². The number of ketones is 1. The number of aryl methyl sites for hydroxylation is 1. The molecule has 0 bridgehead atoms. The largest absolute Gasteiger partial charge is 0.507 e. The van der Waals surface area contributed by atoms with Crippen LogP contribution < -0.4 is 9.47 Å². The first kappa shape index (κ1) is 27.7. The zero-order valence-corrected chi connectivity index (χ0v) is 22.6. The normalized spacial score (nSPS) is 19.7. The van der Waals surface area contributed by atoms with E-state index in [0.29, 0.717) is 50.7 Å². The van der Waals surface area contributed by atoms with Crippen molar-refractivity contribution in [1.82, 2.24) is 9.80 Å². The maximum absolute atomic E-state index is 13.4. The molecule has 8 heteroatoms. The second-order valence-electron chi connectivity index (χ2n) is 9.63. The van der Waals surface area contributed by atoms with Gasteiger partial charge in [-0.05, 0) is 68.1 Å². The quantitative estimate of drug-likeness (QED) is 0.267. The van der Waals surface area contributed by atoms with Crippen molar-refractivity contribution >= 4 is 17.4 Å². The van der Waals surface area contributed by atoms with Crippen molar-refractivity contribution in [3.05, 3.63) is 64.7 Å². The van der Waals surface area contributed by atoms with Crippen LogP contribution in [0.25, 0.3) is 5.76 Å². The average Bonchev–Trinajstić information content (AvgIpc) is 3.18. The van der Waals surface area contributed by atoms with Crippen LogP contribution in [0.3, 0.4) is 0 Å². The first-order valence-corrected chi connectivity index (χ1v) is 13.5. The van der Waals surface area contributed by atoms with Crippen molar-refractivity contribution in [3.63, 3.8) is 0 Å². The summed E-state index contributed by atoms with van der Waals surface area (Å²) in [6.45, 7) is 11.3. The van der Waals surface area contributed by atoms with Gasteiger partial charge in [-0.15, -0.1) is 0 Å². The second-order valence-corrected chi connectivity index (χ2v) is 9.63. The zero-order valence-electron chi connectivity index (χ0n) is 22.6. The Morgan fingerprint density at radius 3 is 2.37 bits per heavy atom. The molecule has 4 rings (SSSR count). The number of rotatable bonds is 11. The molecule has 2 aromatic rings. The number of likely N-dealkylation sites (tertiary alicyclic amines) is 1. The van der Waals surface area contributed by atoms with E-state index in [1.165, 1.54) is 0 Å². The van der Waals surface area contributed by atoms with Crippen LogP contribution in [0.1, 0.15) is 49.4 Å². The minimum absolute atomic E-state index is 0.107. The molecule has 1 atom stereocenters. The summed E-state index contributed by atoms with van der Waals surface area (Å²) in [5.74, 6) is -0.0191. The van der Waals surface area contributed by atoms with Crippen LogP contribution in [0, 0.1) is 6.92 Å². The fourth-order valence-electron chi connectivity index (χ4n) is 5.02. The summed E-state index contributed by atoms with van der Waals surface area (Å²) in [7, 11) is 0. The Kier molecular flexibility index (Phi) is 9.42. The van der Waals surface area contributed by atoms with Crippen molar-refractivity contribution in [1.29, 1.82) is 0 Å². The average molecular weight is 523 g/mol. The van der Waals surface area contributed by atoms with Crippen molar-refractivity contribution < 1.29 is 28.9 Å². The van der Waals surface area contributed by atoms with Gasteiger partial charge in [0.2, 0.25) is 0 Å². The number of hydrogen-bond acceptors (Lipinski definition) is 7. The fraction of sp³-hybridized carbons (Fsp3) is 0.467. The van der Waals surface area contributed by atoms with Gasteiger partial charge in [0.15, 0.2) is 0 Å². The zero-order chi connectivity index (χ0) is 27.1. The predicted octanol–water partition coefficient (Wildman–Crippen LogP) is 4.33. The lowest BCUT2D eigenvalue weighted by atomic mass is 9.93. The van der Waals surface area contributed by atoms with Crippen LogP contribution in [0.15, 0.2) is 48.0 Å². The predicted molar refractivity (Wildman–Crippen MR) is 145 cm³/mol. The SMILES string of the molecule is CCCOc1ccc(C2/C(=C(\O)c3ccc(OCC)cc3C)C(=O)C(=O)N2CCCN2CCOCC2)cc1. The summed E-state index contributed by atoms with van der Waals surface area (Å²) >= 11 is 0. The van der Waals surface area contributed by atoms with Gasteiger partial charge in [-0.3, -0.25) is 14.5 Å². The lowest BCUT2D eigenvalue weighted by molar-refractivity contribution is -0.140. The highest BCUT2D eigenvalue weighted by Crippen LogP contribution is 2.40. The molecule has 2 aliphatic rings. The fourth-order valence-corrected chi connectivity index (χ4v) is 5.02. The van der Waals surface area contributed by atoms with Gasteiger partial charge >= 0.3 is 0 Å². The molecule has 1 unspecified atom stereocenters. The highest BCUT2D eigenvalue weighted by molar-refractivity contribution is 6.46. The summed E-state index contributed by atoms with van der Waals surface area (Å²) in [5.41, 5.74) is 2.13. The van der Waals surface area contributed by atoms with Gasteiger partial charge in [0.05, 0.1) is 38.0 Å². The van der Waals surface area contributed by atoms with E-state index in [9.17, 15) is 14.7 Å². The van der Waals surface area contributed by atoms with E-state index in [0.717, 1.165) is 42.9 Å². The first-order valence-electron chi connectivity index (χ1n) is 13.5. The molecule has 0 radical (unpaired) electrons. The van der Waals surface area contributed by atoms with E-state index in [-0.39, 0.29) is 11.3 Å². The molecule has 2 fully saturated rings. The Morgan fingerprint density at radius 1 is 1.00 bits per heavy atom. The number of benzene rings is 2. The Morgan fingerprint density at radius 2 is 1.71 bits per heavy atom. The molecule has 0 aromatic heterocycles. The second kappa shape index (κ2) is 12.9. The topological polar surface area (TPSA) is 88.5 Å². The molecule has 2 heterocycles. The summed E-state index contributed by atoms with van der Waals surface area (Å²) in [4.78, 5) is 30.6. The number of hydrogen-bond donors (Lipinski definition) is 1. The van der Waals surface area contributed by atoms with Gasteiger partial charge in [0.1, 0.15) is 17.3 Å². The van der Waals surface area contributed by atoms with Crippen molar-refractivity contribution in [2.24, 2.45) is 0 Å². The number of aliphatic hydroxyl groups is 1. The molecule has 2 aromatic carbocycles. The van der Waals surface area contributed by atoms with Gasteiger partial charge in [0, 0.05) is 31.7 Å². The molecule has 2 saturated heterocycles. The van der Waals surface area contributed by atoms with E-state index in [1.54, 1.807) is 17.0 Å². The maximum Gasteiger partial charge on any atom is 0.295 e. The Labute approximate surface area is 224 Å². The number of nitrogens with zero attached hydrogens (tertiary/aromatic N) is 2. The van der Waals surface area contributed by atoms with E-state index in [2.05, 4.69) is 4.90 Å². The highest BCUT2D eigenvalue weighted by Gasteiger charge is 2.46. The molecule has 2 aliphatic heterocycles. The van der Waals surface area contributed by atoms with E-state index >= 15 is 0 Å².